The number of carbonyl (C=O) groups excluding carboxylic acids is 4. The van der Waals surface area contributed by atoms with Crippen molar-refractivity contribution in [3.8, 4) is 0 Å². The molecule has 2 heterocycles. The molecule has 4 unspecified atom stereocenters. The predicted octanol–water partition coefficient (Wildman–Crippen LogP) is 7.49. The summed E-state index contributed by atoms with van der Waals surface area (Å²) < 4.78 is 21.3. The van der Waals surface area contributed by atoms with Crippen LogP contribution < -0.4 is 0 Å². The van der Waals surface area contributed by atoms with Crippen LogP contribution in [0.15, 0.2) is 0 Å². The van der Waals surface area contributed by atoms with Gasteiger partial charge in [-0.25, -0.2) is 4.79 Å². The summed E-state index contributed by atoms with van der Waals surface area (Å²) in [5.74, 6) is 3.47. The van der Waals surface area contributed by atoms with Crippen molar-refractivity contribution in [3.05, 3.63) is 0 Å². The molecule has 48 heavy (non-hydrogen) atoms. The van der Waals surface area contributed by atoms with Crippen LogP contribution in [0.25, 0.3) is 0 Å². The second-order valence-electron chi connectivity index (χ2n) is 16.5. The summed E-state index contributed by atoms with van der Waals surface area (Å²) >= 11 is 3.66. The van der Waals surface area contributed by atoms with Gasteiger partial charge in [0.15, 0.2) is 5.44 Å². The summed E-state index contributed by atoms with van der Waals surface area (Å²) in [7, 11) is 0. The number of hydrogen-bond donors (Lipinski definition) is 1. The standard InChI is InChI=1S/C16H26O3.C11H20O2S2.C10H16O4/c1-4-14(2,3)13(17)19-16-8-11-5-12(9-16)7-15(18,6-11)10-16;1-4-11(2,3)10(12)13-9-8-14-6-5-7-15-9;1-4-10(2,3)9(12)14-7-5-6-13-8(7)11/h11-12,18H,4-10H2,1-3H3;9H,4-8H2,1-3H3;7H,4-6H2,1-3H3. The molecule has 1 N–H and O–H groups in total. The van der Waals surface area contributed by atoms with Gasteiger partial charge in [-0.05, 0) is 123 Å². The topological polar surface area (TPSA) is 125 Å². The molecule has 4 aliphatic carbocycles. The molecule has 9 nitrogen and oxygen atoms in total. The summed E-state index contributed by atoms with van der Waals surface area (Å²) in [5.41, 5.74) is -2.12. The van der Waals surface area contributed by atoms with E-state index in [1.54, 1.807) is 25.6 Å². The number of carbonyl (C=O) groups is 4. The van der Waals surface area contributed by atoms with Crippen molar-refractivity contribution in [1.82, 2.24) is 0 Å². The molecule has 4 atom stereocenters. The predicted molar refractivity (Wildman–Crippen MR) is 190 cm³/mol. The van der Waals surface area contributed by atoms with Gasteiger partial charge >= 0.3 is 23.9 Å². The highest BCUT2D eigenvalue weighted by molar-refractivity contribution is 8.03. The second kappa shape index (κ2) is 16.7. The third-order valence-electron chi connectivity index (χ3n) is 11.0. The van der Waals surface area contributed by atoms with E-state index in [1.807, 2.05) is 60.2 Å². The first-order valence-electron chi connectivity index (χ1n) is 18.0. The maximum absolute atomic E-state index is 12.4. The van der Waals surface area contributed by atoms with Crippen molar-refractivity contribution in [1.29, 1.82) is 0 Å². The molecule has 2 saturated heterocycles. The minimum absolute atomic E-state index is 0.0509. The molecule has 0 aromatic rings. The average molecular weight is 715 g/mol. The van der Waals surface area contributed by atoms with Gasteiger partial charge in [0.05, 0.1) is 28.5 Å². The lowest BCUT2D eigenvalue weighted by atomic mass is 9.52. The highest BCUT2D eigenvalue weighted by Crippen LogP contribution is 2.59. The summed E-state index contributed by atoms with van der Waals surface area (Å²) in [4.78, 5) is 46.8. The molecule has 0 aromatic carbocycles. The Hall–Kier alpha value is -1.46. The maximum atomic E-state index is 12.4. The molecular formula is C37H62O9S2. The first-order valence-corrected chi connectivity index (χ1v) is 20.2. The van der Waals surface area contributed by atoms with E-state index in [4.69, 9.17) is 18.9 Å². The van der Waals surface area contributed by atoms with Crippen LogP contribution in [0.2, 0.25) is 0 Å². The lowest BCUT2D eigenvalue weighted by Gasteiger charge is -2.59. The highest BCUT2D eigenvalue weighted by atomic mass is 32.2. The number of hydrogen-bond acceptors (Lipinski definition) is 11. The van der Waals surface area contributed by atoms with Crippen molar-refractivity contribution >= 4 is 47.4 Å². The lowest BCUT2D eigenvalue weighted by Crippen LogP contribution is -2.61. The highest BCUT2D eigenvalue weighted by Gasteiger charge is 2.59. The Kier molecular flexibility index (Phi) is 14.3. The van der Waals surface area contributed by atoms with E-state index in [-0.39, 0.29) is 34.4 Å². The fourth-order valence-corrected chi connectivity index (χ4v) is 9.20. The van der Waals surface area contributed by atoms with Gasteiger partial charge in [0.2, 0.25) is 6.10 Å². The summed E-state index contributed by atoms with van der Waals surface area (Å²) in [6.45, 7) is 17.7. The monoisotopic (exact) mass is 714 g/mol. The van der Waals surface area contributed by atoms with Gasteiger partial charge < -0.3 is 24.1 Å². The molecule has 276 valence electrons. The number of thioether (sulfide) groups is 2. The van der Waals surface area contributed by atoms with Crippen LogP contribution >= 0.6 is 23.5 Å². The van der Waals surface area contributed by atoms with Gasteiger partial charge in [0.1, 0.15) is 5.60 Å². The molecule has 0 aromatic heterocycles. The minimum atomic E-state index is -0.687. The molecule has 6 rings (SSSR count). The van der Waals surface area contributed by atoms with Gasteiger partial charge in [-0.15, -0.1) is 11.8 Å². The average Bonchev–Trinajstić information content (AvgIpc) is 3.23. The van der Waals surface area contributed by atoms with Crippen LogP contribution in [0.1, 0.15) is 133 Å². The van der Waals surface area contributed by atoms with E-state index in [0.29, 0.717) is 37.7 Å². The van der Waals surface area contributed by atoms with E-state index in [9.17, 15) is 24.3 Å². The Morgan fingerprint density at radius 1 is 0.833 bits per heavy atom. The molecule has 0 amide bonds. The van der Waals surface area contributed by atoms with Crippen LogP contribution in [0.4, 0.5) is 0 Å². The Bertz CT molecular complexity index is 1110. The molecular weight excluding hydrogens is 653 g/mol. The maximum Gasteiger partial charge on any atom is 0.347 e. The first kappa shape index (κ1) is 41.0. The molecule has 0 spiro atoms. The summed E-state index contributed by atoms with van der Waals surface area (Å²) in [6.07, 6.45) is 8.98. The van der Waals surface area contributed by atoms with E-state index in [1.165, 1.54) is 18.6 Å². The van der Waals surface area contributed by atoms with Crippen LogP contribution in [0, 0.1) is 28.1 Å². The van der Waals surface area contributed by atoms with Crippen LogP contribution in [-0.4, -0.2) is 75.6 Å². The molecule has 4 bridgehead atoms. The van der Waals surface area contributed by atoms with Gasteiger partial charge in [-0.3, -0.25) is 14.4 Å². The zero-order valence-corrected chi connectivity index (χ0v) is 32.6. The van der Waals surface area contributed by atoms with Gasteiger partial charge in [0, 0.05) is 18.6 Å². The summed E-state index contributed by atoms with van der Waals surface area (Å²) in [5, 5.41) is 10.6. The molecule has 4 saturated carbocycles. The Labute approximate surface area is 297 Å². The lowest BCUT2D eigenvalue weighted by molar-refractivity contribution is -0.225. The zero-order chi connectivity index (χ0) is 36.0. The molecule has 6 fully saturated rings. The molecule has 6 aliphatic rings. The van der Waals surface area contributed by atoms with Crippen LogP contribution in [0.5, 0.6) is 0 Å². The van der Waals surface area contributed by atoms with E-state index >= 15 is 0 Å². The zero-order valence-electron chi connectivity index (χ0n) is 30.9. The van der Waals surface area contributed by atoms with Crippen molar-refractivity contribution in [3.63, 3.8) is 0 Å². The van der Waals surface area contributed by atoms with Gasteiger partial charge in [0.25, 0.3) is 0 Å². The van der Waals surface area contributed by atoms with Crippen molar-refractivity contribution in [2.75, 3.05) is 23.9 Å². The third-order valence-corrected chi connectivity index (χ3v) is 13.4. The summed E-state index contributed by atoms with van der Waals surface area (Å²) in [6, 6.07) is 0. The van der Waals surface area contributed by atoms with Crippen LogP contribution in [-0.2, 0) is 38.1 Å². The first-order chi connectivity index (χ1) is 22.3. The molecule has 0 radical (unpaired) electrons. The number of cyclic esters (lactones) is 1. The fourth-order valence-electron chi connectivity index (χ4n) is 6.84. The van der Waals surface area contributed by atoms with E-state index in [2.05, 4.69) is 0 Å². The van der Waals surface area contributed by atoms with E-state index in [0.717, 1.165) is 50.0 Å². The Morgan fingerprint density at radius 3 is 1.88 bits per heavy atom. The Morgan fingerprint density at radius 2 is 1.38 bits per heavy atom. The number of esters is 4. The number of ether oxygens (including phenoxy) is 4. The van der Waals surface area contributed by atoms with Crippen molar-refractivity contribution in [2.24, 2.45) is 28.1 Å². The Balaban J connectivity index is 0.000000199. The minimum Gasteiger partial charge on any atom is -0.463 e. The van der Waals surface area contributed by atoms with Crippen molar-refractivity contribution in [2.45, 2.75) is 156 Å². The third kappa shape index (κ3) is 11.0. The molecule has 2 aliphatic heterocycles. The number of aliphatic hydroxyl groups is 1. The normalized spacial score (nSPS) is 31.2. The molecule has 11 heteroatoms. The largest absolute Gasteiger partial charge is 0.463 e. The van der Waals surface area contributed by atoms with Crippen molar-refractivity contribution < 1.29 is 43.2 Å². The quantitative estimate of drug-likeness (QED) is 0.189. The van der Waals surface area contributed by atoms with Gasteiger partial charge in [-0.1, -0.05) is 20.8 Å². The number of rotatable bonds is 9. The van der Waals surface area contributed by atoms with Crippen LogP contribution in [0.3, 0.4) is 0 Å². The SMILES string of the molecule is CCC(C)(C)C(=O)OC12CC3CC(CC(O)(C3)C1)C2.CCC(C)(C)C(=O)OC1CCOC1=O.CCC(C)(C)C(=O)OC1CSCCCS1. The van der Waals surface area contributed by atoms with Gasteiger partial charge in [-0.2, -0.15) is 11.8 Å². The second-order valence-corrected chi connectivity index (χ2v) is 18.9. The smallest absolute Gasteiger partial charge is 0.347 e. The van der Waals surface area contributed by atoms with E-state index < -0.39 is 28.5 Å². The fraction of sp³-hybridized carbons (Fsp3) is 0.892.